The minimum absolute atomic E-state index is 0.00137. The predicted octanol–water partition coefficient (Wildman–Crippen LogP) is 2.29. The van der Waals surface area contributed by atoms with E-state index in [-0.39, 0.29) is 45.1 Å². The summed E-state index contributed by atoms with van der Waals surface area (Å²) in [6.45, 7) is 0. The van der Waals surface area contributed by atoms with Gasteiger partial charge in [-0.2, -0.15) is 0 Å². The molecule has 0 aliphatic carbocycles. The van der Waals surface area contributed by atoms with Gasteiger partial charge in [0.25, 0.3) is 0 Å². The van der Waals surface area contributed by atoms with Crippen molar-refractivity contribution in [3.05, 3.63) is 40.8 Å². The molecule has 0 bridgehead atoms. The summed E-state index contributed by atoms with van der Waals surface area (Å²) in [5.74, 6) is -1.27. The van der Waals surface area contributed by atoms with E-state index in [1.165, 1.54) is 19.2 Å². The molecule has 0 spiro atoms. The van der Waals surface area contributed by atoms with Gasteiger partial charge in [0.2, 0.25) is 5.43 Å². The van der Waals surface area contributed by atoms with Crippen molar-refractivity contribution in [2.45, 2.75) is 0 Å². The van der Waals surface area contributed by atoms with Crippen LogP contribution in [0.25, 0.3) is 22.1 Å². The molecule has 4 N–H and O–H groups in total. The van der Waals surface area contributed by atoms with Crippen LogP contribution in [0.2, 0.25) is 0 Å². The van der Waals surface area contributed by atoms with Gasteiger partial charge < -0.3 is 29.6 Å². The van der Waals surface area contributed by atoms with Gasteiger partial charge >= 0.3 is 0 Å². The first kappa shape index (κ1) is 14.6. The zero-order valence-corrected chi connectivity index (χ0v) is 11.9. The van der Waals surface area contributed by atoms with Crippen LogP contribution in [-0.2, 0) is 0 Å². The fourth-order valence-electron chi connectivity index (χ4n) is 2.34. The van der Waals surface area contributed by atoms with Gasteiger partial charge in [0.05, 0.1) is 12.7 Å². The second kappa shape index (κ2) is 5.13. The quantitative estimate of drug-likeness (QED) is 0.572. The number of aromatic hydroxyl groups is 4. The second-order valence-electron chi connectivity index (χ2n) is 4.86. The maximum atomic E-state index is 12.6. The molecule has 3 rings (SSSR count). The Hall–Kier alpha value is -3.35. The van der Waals surface area contributed by atoms with E-state index in [1.807, 2.05) is 0 Å². The maximum Gasteiger partial charge on any atom is 0.204 e. The van der Waals surface area contributed by atoms with Crippen molar-refractivity contribution in [3.63, 3.8) is 0 Å². The van der Waals surface area contributed by atoms with Gasteiger partial charge in [0, 0.05) is 23.8 Å². The largest absolute Gasteiger partial charge is 0.508 e. The highest BCUT2D eigenvalue weighted by atomic mass is 16.5. The lowest BCUT2D eigenvalue weighted by atomic mass is 10.0. The van der Waals surface area contributed by atoms with Gasteiger partial charge in [-0.1, -0.05) is 0 Å². The molecule has 0 unspecified atom stereocenters. The van der Waals surface area contributed by atoms with E-state index in [2.05, 4.69) is 0 Å². The van der Waals surface area contributed by atoms with Gasteiger partial charge in [-0.25, -0.2) is 0 Å². The van der Waals surface area contributed by atoms with Crippen LogP contribution in [0.4, 0.5) is 0 Å². The van der Waals surface area contributed by atoms with Crippen molar-refractivity contribution >= 4 is 11.0 Å². The summed E-state index contributed by atoms with van der Waals surface area (Å²) in [6, 6.07) is 4.52. The summed E-state index contributed by atoms with van der Waals surface area (Å²) in [5, 5.41) is 38.8. The highest BCUT2D eigenvalue weighted by Crippen LogP contribution is 2.39. The summed E-state index contributed by atoms with van der Waals surface area (Å²) in [5.41, 5.74) is -0.564. The van der Waals surface area contributed by atoms with Crippen LogP contribution in [-0.4, -0.2) is 27.5 Å². The minimum atomic E-state index is -0.605. The van der Waals surface area contributed by atoms with Crippen molar-refractivity contribution in [3.8, 4) is 39.9 Å². The number of phenolic OH excluding ortho intramolecular Hbond substituents is 4. The predicted molar refractivity (Wildman–Crippen MR) is 81.1 cm³/mol. The van der Waals surface area contributed by atoms with E-state index in [0.29, 0.717) is 0 Å². The topological polar surface area (TPSA) is 120 Å². The smallest absolute Gasteiger partial charge is 0.204 e. The van der Waals surface area contributed by atoms with Crippen LogP contribution < -0.4 is 10.2 Å². The fourth-order valence-corrected chi connectivity index (χ4v) is 2.34. The molecule has 0 aliphatic rings. The number of ether oxygens (including phenoxy) is 1. The first-order chi connectivity index (χ1) is 10.9. The molecule has 0 saturated carbocycles. The summed E-state index contributed by atoms with van der Waals surface area (Å²) in [4.78, 5) is 12.6. The van der Waals surface area contributed by atoms with Gasteiger partial charge in [-0.05, 0) is 6.07 Å². The summed E-state index contributed by atoms with van der Waals surface area (Å²) >= 11 is 0. The number of benzene rings is 2. The normalized spacial score (nSPS) is 10.8. The molecule has 1 aromatic heterocycles. The van der Waals surface area contributed by atoms with Crippen LogP contribution in [0, 0.1) is 0 Å². The third-order valence-corrected chi connectivity index (χ3v) is 3.43. The lowest BCUT2D eigenvalue weighted by Gasteiger charge is -2.09. The summed E-state index contributed by atoms with van der Waals surface area (Å²) in [7, 11) is 1.33. The Morgan fingerprint density at radius 3 is 2.35 bits per heavy atom. The highest BCUT2D eigenvalue weighted by Gasteiger charge is 2.18. The van der Waals surface area contributed by atoms with Crippen LogP contribution in [0.5, 0.6) is 28.7 Å². The van der Waals surface area contributed by atoms with E-state index < -0.39 is 11.2 Å². The lowest BCUT2D eigenvalue weighted by molar-refractivity contribution is 0.370. The van der Waals surface area contributed by atoms with Gasteiger partial charge in [-0.3, -0.25) is 4.79 Å². The Morgan fingerprint density at radius 2 is 1.65 bits per heavy atom. The van der Waals surface area contributed by atoms with Crippen molar-refractivity contribution < 1.29 is 29.6 Å². The van der Waals surface area contributed by atoms with Crippen LogP contribution in [0.1, 0.15) is 0 Å². The average molecular weight is 316 g/mol. The molecule has 0 fully saturated rings. The Morgan fingerprint density at radius 1 is 0.913 bits per heavy atom. The Bertz CT molecular complexity index is 972. The van der Waals surface area contributed by atoms with Crippen molar-refractivity contribution in [2.24, 2.45) is 0 Å². The molecule has 3 aromatic rings. The van der Waals surface area contributed by atoms with Crippen LogP contribution in [0.3, 0.4) is 0 Å². The number of hydrogen-bond donors (Lipinski definition) is 4. The van der Waals surface area contributed by atoms with Gasteiger partial charge in [-0.15, -0.1) is 0 Å². The third-order valence-electron chi connectivity index (χ3n) is 3.43. The van der Waals surface area contributed by atoms with Crippen LogP contribution in [0.15, 0.2) is 39.7 Å². The number of hydrogen-bond acceptors (Lipinski definition) is 7. The van der Waals surface area contributed by atoms with Crippen molar-refractivity contribution in [2.75, 3.05) is 7.11 Å². The third kappa shape index (κ3) is 2.28. The SMILES string of the molecule is COc1cc(-c2coc3cc(O)cc(O)c3c2=O)c(O)cc1O. The molecule has 0 atom stereocenters. The van der Waals surface area contributed by atoms with Crippen LogP contribution >= 0.6 is 0 Å². The minimum Gasteiger partial charge on any atom is -0.508 e. The zero-order valence-electron chi connectivity index (χ0n) is 11.9. The molecule has 2 aromatic carbocycles. The monoisotopic (exact) mass is 316 g/mol. The first-order valence-corrected chi connectivity index (χ1v) is 6.50. The molecular formula is C16H12O7. The number of methoxy groups -OCH3 is 1. The van der Waals surface area contributed by atoms with E-state index in [9.17, 15) is 25.2 Å². The molecule has 0 aliphatic heterocycles. The number of phenols is 4. The Labute approximate surface area is 129 Å². The molecule has 0 amide bonds. The van der Waals surface area contributed by atoms with E-state index in [4.69, 9.17) is 9.15 Å². The first-order valence-electron chi connectivity index (χ1n) is 6.50. The molecule has 118 valence electrons. The Balaban J connectivity index is 2.34. The lowest BCUT2D eigenvalue weighted by Crippen LogP contribution is -2.05. The standard InChI is InChI=1S/C16H12O7/c1-22-13-4-8(10(18)5-11(13)19)9-6-23-14-3-7(17)2-12(20)15(14)16(9)21/h2-6,17-20H,1H3. The van der Waals surface area contributed by atoms with Gasteiger partial charge in [0.1, 0.15) is 34.5 Å². The molecule has 7 nitrogen and oxygen atoms in total. The van der Waals surface area contributed by atoms with Crippen molar-refractivity contribution in [1.82, 2.24) is 0 Å². The van der Waals surface area contributed by atoms with Gasteiger partial charge in [0.15, 0.2) is 11.5 Å². The fraction of sp³-hybridized carbons (Fsp3) is 0.0625. The molecule has 0 radical (unpaired) electrons. The zero-order chi connectivity index (χ0) is 16.7. The molecule has 1 heterocycles. The second-order valence-corrected chi connectivity index (χ2v) is 4.86. The Kier molecular flexibility index (Phi) is 3.25. The van der Waals surface area contributed by atoms with E-state index in [0.717, 1.165) is 18.4 Å². The molecule has 7 heteroatoms. The molecule has 0 saturated heterocycles. The highest BCUT2D eigenvalue weighted by molar-refractivity contribution is 5.89. The molecular weight excluding hydrogens is 304 g/mol. The molecule has 23 heavy (non-hydrogen) atoms. The van der Waals surface area contributed by atoms with Crippen molar-refractivity contribution in [1.29, 1.82) is 0 Å². The summed E-state index contributed by atoms with van der Waals surface area (Å²) in [6.07, 6.45) is 1.09. The average Bonchev–Trinajstić information content (AvgIpc) is 2.48. The summed E-state index contributed by atoms with van der Waals surface area (Å²) < 4.78 is 10.2. The van der Waals surface area contributed by atoms with E-state index in [1.54, 1.807) is 0 Å². The maximum absolute atomic E-state index is 12.6. The number of rotatable bonds is 2. The van der Waals surface area contributed by atoms with E-state index >= 15 is 0 Å². The number of fused-ring (bicyclic) bond motifs is 1.